The fourth-order valence-corrected chi connectivity index (χ4v) is 5.88. The van der Waals surface area contributed by atoms with Crippen molar-refractivity contribution in [2.75, 3.05) is 0 Å². The van der Waals surface area contributed by atoms with Crippen molar-refractivity contribution in [3.63, 3.8) is 0 Å². The van der Waals surface area contributed by atoms with Gasteiger partial charge in [-0.15, -0.1) is 0 Å². The van der Waals surface area contributed by atoms with Crippen LogP contribution in [-0.2, 0) is 0 Å². The molecule has 1 heteroatoms. The number of aliphatic hydroxyl groups is 1. The van der Waals surface area contributed by atoms with E-state index in [-0.39, 0.29) is 0 Å². The summed E-state index contributed by atoms with van der Waals surface area (Å²) in [6.45, 7) is 9.38. The SMILES string of the molecule is C[C@H]1CC[C@H]2C(C)(C)[C@@H]3C[C@@]12CC[C@@]3(C)O. The Morgan fingerprint density at radius 3 is 2.38 bits per heavy atom. The minimum Gasteiger partial charge on any atom is -0.390 e. The largest absolute Gasteiger partial charge is 0.390 e. The average molecular weight is 222 g/mol. The summed E-state index contributed by atoms with van der Waals surface area (Å²) in [6, 6.07) is 0. The van der Waals surface area contributed by atoms with Crippen LogP contribution in [0.3, 0.4) is 0 Å². The first-order valence-corrected chi connectivity index (χ1v) is 7.03. The Morgan fingerprint density at radius 2 is 1.69 bits per heavy atom. The van der Waals surface area contributed by atoms with Crippen molar-refractivity contribution < 1.29 is 5.11 Å². The van der Waals surface area contributed by atoms with Gasteiger partial charge in [0.1, 0.15) is 0 Å². The lowest BCUT2D eigenvalue weighted by Crippen LogP contribution is -2.44. The molecule has 0 aromatic heterocycles. The van der Waals surface area contributed by atoms with Crippen molar-refractivity contribution in [2.24, 2.45) is 28.6 Å². The lowest BCUT2D eigenvalue weighted by molar-refractivity contribution is -0.0717. The monoisotopic (exact) mass is 222 g/mol. The van der Waals surface area contributed by atoms with Crippen LogP contribution in [0.1, 0.15) is 59.8 Å². The van der Waals surface area contributed by atoms with Crippen molar-refractivity contribution in [3.8, 4) is 0 Å². The first kappa shape index (κ1) is 11.1. The van der Waals surface area contributed by atoms with Gasteiger partial charge in [0, 0.05) is 0 Å². The van der Waals surface area contributed by atoms with Gasteiger partial charge in [-0.2, -0.15) is 0 Å². The molecule has 0 saturated heterocycles. The molecule has 0 heterocycles. The van der Waals surface area contributed by atoms with E-state index in [0.717, 1.165) is 18.3 Å². The molecule has 3 saturated carbocycles. The van der Waals surface area contributed by atoms with Gasteiger partial charge in [-0.05, 0) is 67.6 Å². The van der Waals surface area contributed by atoms with Crippen molar-refractivity contribution in [1.82, 2.24) is 0 Å². The maximum absolute atomic E-state index is 10.6. The van der Waals surface area contributed by atoms with E-state index in [0.29, 0.717) is 16.7 Å². The zero-order valence-corrected chi connectivity index (χ0v) is 11.2. The molecule has 0 aromatic carbocycles. The molecule has 0 aliphatic heterocycles. The standard InChI is InChI=1S/C15H26O/c1-10-5-6-11-13(2,3)12-9-15(10,11)8-7-14(12,4)16/h10-12,16H,5-9H2,1-4H3/t10-,11-,12-,14+,15-/m0/s1. The Kier molecular flexibility index (Phi) is 1.98. The Labute approximate surface area is 99.6 Å². The minimum absolute atomic E-state index is 0.352. The third-order valence-corrected chi connectivity index (χ3v) is 6.79. The Morgan fingerprint density at radius 1 is 1.00 bits per heavy atom. The van der Waals surface area contributed by atoms with Crippen LogP contribution in [0.25, 0.3) is 0 Å². The summed E-state index contributed by atoms with van der Waals surface area (Å²) in [4.78, 5) is 0. The van der Waals surface area contributed by atoms with Crippen LogP contribution in [-0.4, -0.2) is 10.7 Å². The van der Waals surface area contributed by atoms with E-state index in [1.165, 1.54) is 25.7 Å². The van der Waals surface area contributed by atoms with Crippen molar-refractivity contribution >= 4 is 0 Å². The maximum atomic E-state index is 10.6. The van der Waals surface area contributed by atoms with Gasteiger partial charge in [-0.25, -0.2) is 0 Å². The van der Waals surface area contributed by atoms with E-state index in [1.807, 2.05) is 0 Å². The average Bonchev–Trinajstić information content (AvgIpc) is 2.58. The number of rotatable bonds is 0. The summed E-state index contributed by atoms with van der Waals surface area (Å²) in [7, 11) is 0. The third-order valence-electron chi connectivity index (χ3n) is 6.79. The molecule has 92 valence electrons. The molecule has 16 heavy (non-hydrogen) atoms. The molecule has 3 aliphatic carbocycles. The summed E-state index contributed by atoms with van der Waals surface area (Å²) in [5.74, 6) is 2.29. The summed E-state index contributed by atoms with van der Waals surface area (Å²) in [5.41, 5.74) is 0.542. The molecule has 1 N–H and O–H groups in total. The first-order valence-electron chi connectivity index (χ1n) is 7.03. The van der Waals surface area contributed by atoms with Gasteiger partial charge in [0.2, 0.25) is 0 Å². The van der Waals surface area contributed by atoms with Crippen LogP contribution in [0.4, 0.5) is 0 Å². The molecule has 1 spiro atoms. The molecule has 5 atom stereocenters. The van der Waals surface area contributed by atoms with Gasteiger partial charge >= 0.3 is 0 Å². The molecule has 3 fully saturated rings. The summed E-state index contributed by atoms with van der Waals surface area (Å²) >= 11 is 0. The minimum atomic E-state index is -0.404. The Hall–Kier alpha value is -0.0400. The molecule has 0 aromatic rings. The van der Waals surface area contributed by atoms with E-state index >= 15 is 0 Å². The van der Waals surface area contributed by atoms with Crippen LogP contribution in [0, 0.1) is 28.6 Å². The number of hydrogen-bond donors (Lipinski definition) is 1. The predicted octanol–water partition coefficient (Wildman–Crippen LogP) is 3.61. The van der Waals surface area contributed by atoms with Gasteiger partial charge < -0.3 is 5.11 Å². The van der Waals surface area contributed by atoms with Crippen molar-refractivity contribution in [2.45, 2.75) is 65.4 Å². The molecular weight excluding hydrogens is 196 g/mol. The smallest absolute Gasteiger partial charge is 0.0653 e. The number of fused-ring (bicyclic) bond motifs is 1. The summed E-state index contributed by atoms with van der Waals surface area (Å²) in [6.07, 6.45) is 6.41. The van der Waals surface area contributed by atoms with Gasteiger partial charge in [-0.3, -0.25) is 0 Å². The van der Waals surface area contributed by atoms with E-state index in [4.69, 9.17) is 0 Å². The molecule has 2 bridgehead atoms. The predicted molar refractivity (Wildman–Crippen MR) is 66.1 cm³/mol. The highest BCUT2D eigenvalue weighted by molar-refractivity contribution is 5.16. The highest BCUT2D eigenvalue weighted by Crippen LogP contribution is 2.73. The highest BCUT2D eigenvalue weighted by atomic mass is 16.3. The normalized spacial score (nSPS) is 58.7. The molecule has 1 nitrogen and oxygen atoms in total. The zero-order valence-electron chi connectivity index (χ0n) is 11.2. The van der Waals surface area contributed by atoms with Gasteiger partial charge in [0.05, 0.1) is 5.60 Å². The second-order valence-electron chi connectivity index (χ2n) is 7.70. The molecule has 0 unspecified atom stereocenters. The van der Waals surface area contributed by atoms with E-state index in [9.17, 15) is 5.11 Å². The molecule has 0 amide bonds. The fraction of sp³-hybridized carbons (Fsp3) is 1.00. The molecular formula is C15H26O. The van der Waals surface area contributed by atoms with Crippen LogP contribution in [0.2, 0.25) is 0 Å². The highest BCUT2D eigenvalue weighted by Gasteiger charge is 2.67. The van der Waals surface area contributed by atoms with Gasteiger partial charge in [0.15, 0.2) is 0 Å². The van der Waals surface area contributed by atoms with Crippen LogP contribution in [0.15, 0.2) is 0 Å². The number of hydrogen-bond acceptors (Lipinski definition) is 1. The van der Waals surface area contributed by atoms with Gasteiger partial charge in [0.25, 0.3) is 0 Å². The van der Waals surface area contributed by atoms with Crippen LogP contribution >= 0.6 is 0 Å². The summed E-state index contributed by atoms with van der Waals surface area (Å²) in [5, 5.41) is 10.6. The quantitative estimate of drug-likeness (QED) is 0.664. The maximum Gasteiger partial charge on any atom is 0.0653 e. The van der Waals surface area contributed by atoms with E-state index in [1.54, 1.807) is 0 Å². The van der Waals surface area contributed by atoms with Crippen LogP contribution in [0.5, 0.6) is 0 Å². The zero-order chi connectivity index (χ0) is 11.8. The topological polar surface area (TPSA) is 20.2 Å². The third kappa shape index (κ3) is 1.06. The lowest BCUT2D eigenvalue weighted by Gasteiger charge is -2.44. The van der Waals surface area contributed by atoms with E-state index in [2.05, 4.69) is 27.7 Å². The van der Waals surface area contributed by atoms with Gasteiger partial charge in [-0.1, -0.05) is 20.8 Å². The molecule has 0 radical (unpaired) electrons. The molecule has 3 rings (SSSR count). The molecule has 3 aliphatic rings. The summed E-state index contributed by atoms with van der Waals surface area (Å²) < 4.78 is 0. The Bertz CT molecular complexity index is 313. The van der Waals surface area contributed by atoms with Crippen molar-refractivity contribution in [1.29, 1.82) is 0 Å². The first-order chi connectivity index (χ1) is 7.31. The second-order valence-corrected chi connectivity index (χ2v) is 7.70. The van der Waals surface area contributed by atoms with Crippen LogP contribution < -0.4 is 0 Å². The van der Waals surface area contributed by atoms with Crippen molar-refractivity contribution in [3.05, 3.63) is 0 Å². The lowest BCUT2D eigenvalue weighted by atomic mass is 9.64. The fourth-order valence-electron chi connectivity index (χ4n) is 5.88. The second kappa shape index (κ2) is 2.85. The van der Waals surface area contributed by atoms with E-state index < -0.39 is 5.60 Å². The Balaban J connectivity index is 2.07.